The molecule has 0 radical (unpaired) electrons. The van der Waals surface area contributed by atoms with Gasteiger partial charge in [0, 0.05) is 28.0 Å². The van der Waals surface area contributed by atoms with E-state index < -0.39 is 28.5 Å². The molecule has 0 fully saturated rings. The third-order valence-corrected chi connectivity index (χ3v) is 9.57. The number of nitrogens with zero attached hydrogens (tertiary/aromatic N) is 2. The number of benzene rings is 3. The predicted octanol–water partition coefficient (Wildman–Crippen LogP) is 6.41. The summed E-state index contributed by atoms with van der Waals surface area (Å²) in [5, 5.41) is 3.63. The smallest absolute Gasteiger partial charge is 0.264 e. The molecular formula is C30H35Cl2N3O4S2. The average molecular weight is 637 g/mol. The van der Waals surface area contributed by atoms with Crippen LogP contribution in [-0.4, -0.2) is 50.5 Å². The number of rotatable bonds is 12. The lowest BCUT2D eigenvalue weighted by Gasteiger charge is -2.32. The zero-order valence-corrected chi connectivity index (χ0v) is 26.9. The molecule has 220 valence electrons. The number of carbonyl (C=O) groups is 2. The van der Waals surface area contributed by atoms with E-state index in [4.69, 9.17) is 23.2 Å². The number of carbonyl (C=O) groups excluding carboxylic acids is 2. The molecule has 3 aromatic rings. The molecule has 7 nitrogen and oxygen atoms in total. The standard InChI is InChI=1S/C30H35Cl2N3O4S2/c1-20(2)17-33-30(37)22(4)34(18-23-8-9-24(31)16-28(23)32)29(36)19-35(25-10-6-21(3)7-11-25)41(38,39)27-14-12-26(40-5)13-15-27/h6-16,20,22H,17-19H2,1-5H3,(H,33,37). The Hall–Kier alpha value is -2.72. The number of halogens is 2. The number of hydrogen-bond donors (Lipinski definition) is 1. The van der Waals surface area contributed by atoms with E-state index in [1.165, 1.54) is 28.8 Å². The summed E-state index contributed by atoms with van der Waals surface area (Å²) < 4.78 is 29.0. The maximum atomic E-state index is 14.0. The molecule has 3 rings (SSSR count). The summed E-state index contributed by atoms with van der Waals surface area (Å²) in [4.78, 5) is 29.4. The molecule has 2 amide bonds. The molecule has 1 atom stereocenters. The minimum atomic E-state index is -4.14. The fraction of sp³-hybridized carbons (Fsp3) is 0.333. The molecule has 0 saturated heterocycles. The summed E-state index contributed by atoms with van der Waals surface area (Å²) in [7, 11) is -4.14. The van der Waals surface area contributed by atoms with Crippen LogP contribution >= 0.6 is 35.0 Å². The molecule has 0 saturated carbocycles. The highest BCUT2D eigenvalue weighted by Gasteiger charge is 2.33. The SMILES string of the molecule is CSc1ccc(S(=O)(=O)N(CC(=O)N(Cc2ccc(Cl)cc2Cl)C(C)C(=O)NCC(C)C)c2ccc(C)cc2)cc1. The van der Waals surface area contributed by atoms with Gasteiger partial charge in [-0.2, -0.15) is 0 Å². The largest absolute Gasteiger partial charge is 0.354 e. The van der Waals surface area contributed by atoms with Crippen LogP contribution in [0.25, 0.3) is 0 Å². The Morgan fingerprint density at radius 2 is 1.59 bits per heavy atom. The van der Waals surface area contributed by atoms with Gasteiger partial charge in [-0.1, -0.05) is 60.8 Å². The van der Waals surface area contributed by atoms with E-state index in [1.54, 1.807) is 61.5 Å². The summed E-state index contributed by atoms with van der Waals surface area (Å²) in [5.74, 6) is -0.705. The van der Waals surface area contributed by atoms with Crippen LogP contribution in [0.4, 0.5) is 5.69 Å². The minimum absolute atomic E-state index is 0.0185. The Balaban J connectivity index is 2.03. The van der Waals surface area contributed by atoms with E-state index in [0.29, 0.717) is 27.8 Å². The van der Waals surface area contributed by atoms with Gasteiger partial charge in [0.2, 0.25) is 11.8 Å². The van der Waals surface area contributed by atoms with Gasteiger partial charge in [-0.05, 0) is 80.1 Å². The predicted molar refractivity (Wildman–Crippen MR) is 168 cm³/mol. The van der Waals surface area contributed by atoms with E-state index >= 15 is 0 Å². The van der Waals surface area contributed by atoms with Gasteiger partial charge in [0.15, 0.2) is 0 Å². The van der Waals surface area contributed by atoms with Crippen molar-refractivity contribution in [2.75, 3.05) is 23.7 Å². The van der Waals surface area contributed by atoms with Crippen molar-refractivity contribution in [1.82, 2.24) is 10.2 Å². The number of nitrogens with one attached hydrogen (secondary N) is 1. The van der Waals surface area contributed by atoms with Gasteiger partial charge in [-0.3, -0.25) is 13.9 Å². The molecular weight excluding hydrogens is 601 g/mol. The fourth-order valence-corrected chi connectivity index (χ4v) is 6.27. The summed E-state index contributed by atoms with van der Waals surface area (Å²) in [5.41, 5.74) is 1.85. The van der Waals surface area contributed by atoms with Crippen molar-refractivity contribution in [3.63, 3.8) is 0 Å². The lowest BCUT2D eigenvalue weighted by molar-refractivity contribution is -0.139. The Labute approximate surface area is 257 Å². The van der Waals surface area contributed by atoms with Crippen molar-refractivity contribution in [2.24, 2.45) is 5.92 Å². The van der Waals surface area contributed by atoms with E-state index in [1.807, 2.05) is 27.0 Å². The highest BCUT2D eigenvalue weighted by Crippen LogP contribution is 2.27. The normalized spacial score (nSPS) is 12.2. The van der Waals surface area contributed by atoms with Crippen molar-refractivity contribution in [2.45, 2.75) is 50.1 Å². The second-order valence-electron chi connectivity index (χ2n) is 10.1. The third kappa shape index (κ3) is 8.64. The van der Waals surface area contributed by atoms with Gasteiger partial charge in [-0.15, -0.1) is 11.8 Å². The summed E-state index contributed by atoms with van der Waals surface area (Å²) in [6, 6.07) is 17.4. The maximum absolute atomic E-state index is 14.0. The summed E-state index contributed by atoms with van der Waals surface area (Å²) in [6.07, 6.45) is 1.90. The van der Waals surface area contributed by atoms with Gasteiger partial charge in [0.1, 0.15) is 12.6 Å². The molecule has 0 heterocycles. The summed E-state index contributed by atoms with van der Waals surface area (Å²) >= 11 is 14.0. The highest BCUT2D eigenvalue weighted by atomic mass is 35.5. The Kier molecular flexibility index (Phi) is 11.6. The van der Waals surface area contributed by atoms with Crippen LogP contribution in [0.3, 0.4) is 0 Å². The average Bonchev–Trinajstić information content (AvgIpc) is 2.94. The number of aryl methyl sites for hydroxylation is 1. The van der Waals surface area contributed by atoms with E-state index in [2.05, 4.69) is 5.32 Å². The van der Waals surface area contributed by atoms with Crippen LogP contribution in [0.15, 0.2) is 76.5 Å². The number of sulfonamides is 1. The van der Waals surface area contributed by atoms with Gasteiger partial charge < -0.3 is 10.2 Å². The van der Waals surface area contributed by atoms with Crippen molar-refractivity contribution < 1.29 is 18.0 Å². The third-order valence-electron chi connectivity index (χ3n) is 6.46. The first-order valence-corrected chi connectivity index (χ1v) is 16.5. The Morgan fingerprint density at radius 3 is 2.15 bits per heavy atom. The highest BCUT2D eigenvalue weighted by molar-refractivity contribution is 7.98. The second kappa shape index (κ2) is 14.4. The van der Waals surface area contributed by atoms with E-state index in [0.717, 1.165) is 14.8 Å². The molecule has 0 aliphatic carbocycles. The molecule has 0 aromatic heterocycles. The Morgan fingerprint density at radius 1 is 0.951 bits per heavy atom. The molecule has 1 unspecified atom stereocenters. The zero-order chi connectivity index (χ0) is 30.3. The second-order valence-corrected chi connectivity index (χ2v) is 13.7. The maximum Gasteiger partial charge on any atom is 0.264 e. The van der Waals surface area contributed by atoms with Crippen molar-refractivity contribution in [3.05, 3.63) is 87.9 Å². The number of hydrogen-bond acceptors (Lipinski definition) is 5. The number of anilines is 1. The molecule has 1 N–H and O–H groups in total. The molecule has 11 heteroatoms. The molecule has 41 heavy (non-hydrogen) atoms. The van der Waals surface area contributed by atoms with Crippen molar-refractivity contribution in [3.8, 4) is 0 Å². The number of amides is 2. The molecule has 0 aliphatic heterocycles. The van der Waals surface area contributed by atoms with Crippen molar-refractivity contribution >= 4 is 62.5 Å². The quantitative estimate of drug-likeness (QED) is 0.232. The Bertz CT molecular complexity index is 1460. The van der Waals surface area contributed by atoms with Gasteiger partial charge in [0.25, 0.3) is 10.0 Å². The van der Waals surface area contributed by atoms with Gasteiger partial charge in [0.05, 0.1) is 10.6 Å². The molecule has 0 bridgehead atoms. The van der Waals surface area contributed by atoms with Gasteiger partial charge in [-0.25, -0.2) is 8.42 Å². The first kappa shape index (κ1) is 32.8. The fourth-order valence-electron chi connectivity index (χ4n) is 3.98. The minimum Gasteiger partial charge on any atom is -0.354 e. The van der Waals surface area contributed by atoms with Crippen LogP contribution in [0.1, 0.15) is 31.9 Å². The molecule has 0 aliphatic rings. The number of thioether (sulfide) groups is 1. The van der Waals surface area contributed by atoms with Crippen LogP contribution in [0, 0.1) is 12.8 Å². The first-order valence-electron chi connectivity index (χ1n) is 13.1. The monoisotopic (exact) mass is 635 g/mol. The van der Waals surface area contributed by atoms with Crippen LogP contribution < -0.4 is 9.62 Å². The first-order chi connectivity index (χ1) is 19.3. The van der Waals surface area contributed by atoms with Crippen LogP contribution in [0.5, 0.6) is 0 Å². The van der Waals surface area contributed by atoms with Gasteiger partial charge >= 0.3 is 0 Å². The molecule has 3 aromatic carbocycles. The molecule has 0 spiro atoms. The topological polar surface area (TPSA) is 86.8 Å². The van der Waals surface area contributed by atoms with Crippen molar-refractivity contribution in [1.29, 1.82) is 0 Å². The van der Waals surface area contributed by atoms with E-state index in [-0.39, 0.29) is 23.3 Å². The summed E-state index contributed by atoms with van der Waals surface area (Å²) in [6.45, 7) is 7.34. The van der Waals surface area contributed by atoms with Crippen LogP contribution in [-0.2, 0) is 26.2 Å². The lowest BCUT2D eigenvalue weighted by atomic mass is 10.1. The zero-order valence-electron chi connectivity index (χ0n) is 23.7. The lowest BCUT2D eigenvalue weighted by Crippen LogP contribution is -2.51. The van der Waals surface area contributed by atoms with Crippen LogP contribution in [0.2, 0.25) is 10.0 Å². The van der Waals surface area contributed by atoms with E-state index in [9.17, 15) is 18.0 Å².